The van der Waals surface area contributed by atoms with Crippen molar-refractivity contribution in [3.05, 3.63) is 223 Å². The number of rotatable bonds is 7. The van der Waals surface area contributed by atoms with Crippen molar-refractivity contribution in [2.24, 2.45) is 0 Å². The molecule has 63 heavy (non-hydrogen) atoms. The Kier molecular flexibility index (Phi) is 10.1. The molecule has 0 amide bonds. The van der Waals surface area contributed by atoms with Crippen LogP contribution in [0, 0.1) is 0 Å². The van der Waals surface area contributed by atoms with Crippen molar-refractivity contribution in [3.63, 3.8) is 0 Å². The zero-order valence-electron chi connectivity index (χ0n) is 37.2. The lowest BCUT2D eigenvalue weighted by Crippen LogP contribution is -2.16. The molecule has 10 aromatic carbocycles. The van der Waals surface area contributed by atoms with Crippen molar-refractivity contribution in [1.29, 1.82) is 0 Å². The maximum Gasteiger partial charge on any atom is 0.0540 e. The van der Waals surface area contributed by atoms with Gasteiger partial charge in [-0.3, -0.25) is 0 Å². The number of fused-ring (bicyclic) bond motifs is 3. The molecule has 0 atom stereocenters. The predicted molar refractivity (Wildman–Crippen MR) is 273 cm³/mol. The van der Waals surface area contributed by atoms with Crippen LogP contribution in [0.4, 0.5) is 17.1 Å². The van der Waals surface area contributed by atoms with Gasteiger partial charge < -0.3 is 4.90 Å². The van der Waals surface area contributed by atoms with E-state index in [0.29, 0.717) is 0 Å². The van der Waals surface area contributed by atoms with Crippen molar-refractivity contribution in [2.75, 3.05) is 4.90 Å². The Hall–Kier alpha value is -7.22. The third-order valence-electron chi connectivity index (χ3n) is 12.8. The van der Waals surface area contributed by atoms with Crippen LogP contribution in [0.25, 0.3) is 76.8 Å². The van der Waals surface area contributed by atoms with Gasteiger partial charge >= 0.3 is 0 Å². The molecule has 0 aliphatic carbocycles. The highest BCUT2D eigenvalue weighted by Gasteiger charge is 2.24. The van der Waals surface area contributed by atoms with Gasteiger partial charge in [-0.25, -0.2) is 0 Å². The van der Waals surface area contributed by atoms with Gasteiger partial charge in [-0.1, -0.05) is 230 Å². The van der Waals surface area contributed by atoms with Gasteiger partial charge in [0.05, 0.1) is 11.4 Å². The van der Waals surface area contributed by atoms with Gasteiger partial charge in [0.1, 0.15) is 0 Å². The fourth-order valence-electron chi connectivity index (χ4n) is 9.29. The molecule has 10 aromatic rings. The van der Waals surface area contributed by atoms with E-state index in [4.69, 9.17) is 0 Å². The van der Waals surface area contributed by atoms with Gasteiger partial charge in [-0.15, -0.1) is 0 Å². The summed E-state index contributed by atoms with van der Waals surface area (Å²) in [6, 6.07) is 78.5. The molecule has 0 saturated carbocycles. The van der Waals surface area contributed by atoms with Crippen LogP contribution in [0.3, 0.4) is 0 Å². The highest BCUT2D eigenvalue weighted by molar-refractivity contribution is 6.10. The van der Waals surface area contributed by atoms with E-state index in [1.54, 1.807) is 0 Å². The predicted octanol–water partition coefficient (Wildman–Crippen LogP) is 17.9. The highest BCUT2D eigenvalue weighted by Crippen LogP contribution is 2.47. The maximum absolute atomic E-state index is 2.46. The summed E-state index contributed by atoms with van der Waals surface area (Å²) in [7, 11) is 0. The van der Waals surface area contributed by atoms with Crippen LogP contribution >= 0.6 is 0 Å². The Bertz CT molecular complexity index is 3230. The van der Waals surface area contributed by atoms with Crippen LogP contribution in [0.5, 0.6) is 0 Å². The van der Waals surface area contributed by atoms with E-state index in [1.165, 1.54) is 88.0 Å². The van der Waals surface area contributed by atoms with Crippen molar-refractivity contribution >= 4 is 49.4 Å². The van der Waals surface area contributed by atoms with Gasteiger partial charge in [0.15, 0.2) is 0 Å². The summed E-state index contributed by atoms with van der Waals surface area (Å²) in [4.78, 5) is 2.46. The minimum absolute atomic E-state index is 0.00544. The van der Waals surface area contributed by atoms with Crippen LogP contribution in [-0.4, -0.2) is 0 Å². The first-order valence-electron chi connectivity index (χ1n) is 22.3. The molecule has 10 rings (SSSR count). The van der Waals surface area contributed by atoms with Gasteiger partial charge in [-0.05, 0) is 112 Å². The Balaban J connectivity index is 1.12. The Morgan fingerprint density at radius 2 is 0.746 bits per heavy atom. The molecular weight excluding hydrogens is 759 g/mol. The smallest absolute Gasteiger partial charge is 0.0540 e. The van der Waals surface area contributed by atoms with E-state index in [9.17, 15) is 0 Å². The first kappa shape index (κ1) is 39.9. The minimum Gasteiger partial charge on any atom is -0.309 e. The first-order chi connectivity index (χ1) is 30.5. The second-order valence-corrected chi connectivity index (χ2v) is 19.0. The Morgan fingerprint density at radius 1 is 0.302 bits per heavy atom. The molecule has 1 nitrogen and oxygen atoms in total. The van der Waals surface area contributed by atoms with Crippen molar-refractivity contribution in [2.45, 2.75) is 52.4 Å². The maximum atomic E-state index is 2.46. The number of anilines is 3. The number of benzene rings is 10. The molecule has 0 aliphatic rings. The van der Waals surface area contributed by atoms with Gasteiger partial charge in [0.2, 0.25) is 0 Å². The van der Waals surface area contributed by atoms with Gasteiger partial charge in [0, 0.05) is 16.6 Å². The van der Waals surface area contributed by atoms with E-state index in [1.807, 2.05) is 0 Å². The van der Waals surface area contributed by atoms with Crippen molar-refractivity contribution in [1.82, 2.24) is 0 Å². The number of para-hydroxylation sites is 1. The topological polar surface area (TPSA) is 3.24 Å². The number of hydrogen-bond donors (Lipinski definition) is 0. The molecule has 1 heteroatoms. The molecule has 0 bridgehead atoms. The largest absolute Gasteiger partial charge is 0.309 e. The average molecular weight is 812 g/mol. The van der Waals surface area contributed by atoms with E-state index < -0.39 is 0 Å². The summed E-state index contributed by atoms with van der Waals surface area (Å²) in [6.07, 6.45) is 0. The van der Waals surface area contributed by atoms with Crippen LogP contribution in [-0.2, 0) is 10.8 Å². The van der Waals surface area contributed by atoms with Crippen molar-refractivity contribution < 1.29 is 0 Å². The summed E-state index contributed by atoms with van der Waals surface area (Å²) in [5.74, 6) is 0. The zero-order valence-corrected chi connectivity index (χ0v) is 37.2. The lowest BCUT2D eigenvalue weighted by molar-refractivity contribution is 0.569. The van der Waals surface area contributed by atoms with Crippen LogP contribution in [0.2, 0.25) is 0 Å². The van der Waals surface area contributed by atoms with Crippen molar-refractivity contribution in [3.8, 4) is 44.5 Å². The summed E-state index contributed by atoms with van der Waals surface area (Å²) in [5.41, 5.74) is 15.8. The molecule has 0 saturated heterocycles. The highest BCUT2D eigenvalue weighted by atomic mass is 15.1. The normalized spacial score (nSPS) is 12.0. The third-order valence-corrected chi connectivity index (χ3v) is 12.8. The molecule has 0 fully saturated rings. The average Bonchev–Trinajstić information content (AvgIpc) is 3.31. The first-order valence-corrected chi connectivity index (χ1v) is 22.3. The van der Waals surface area contributed by atoms with Gasteiger partial charge in [0.25, 0.3) is 0 Å². The summed E-state index contributed by atoms with van der Waals surface area (Å²) in [5, 5.41) is 7.43. The SMILES string of the molecule is CC(C)(C)c1cc(-c2cccc3cccc(-c4ccccc4N(c4ccc(-c5ccc(-c6cccc7ccccc67)cc5)cc4)c4cccc5ccccc45)c23)cc(C(C)(C)C)c1. The summed E-state index contributed by atoms with van der Waals surface area (Å²) >= 11 is 0. The van der Waals surface area contributed by atoms with Crippen LogP contribution in [0.1, 0.15) is 52.7 Å². The van der Waals surface area contributed by atoms with Gasteiger partial charge in [-0.2, -0.15) is 0 Å². The standard InChI is InChI=1S/C62H53N/c1-61(2,3)49-39-48(40-50(41-49)62(4,5)6)55-27-14-21-47-22-15-28-57(60(47)55)56-25-11-12-29-59(56)63(58-30-16-20-45-18-8-10-24-54(45)58)51-37-35-43(36-38-51)42-31-33-46(34-32-42)53-26-13-19-44-17-7-9-23-52(44)53/h7-41H,1-6H3. The second-order valence-electron chi connectivity index (χ2n) is 19.0. The van der Waals surface area contributed by atoms with E-state index in [2.05, 4.69) is 259 Å². The molecule has 0 spiro atoms. The van der Waals surface area contributed by atoms with E-state index >= 15 is 0 Å². The lowest BCUT2D eigenvalue weighted by Gasteiger charge is -2.30. The molecular formula is C62H53N. The van der Waals surface area contributed by atoms with Crippen LogP contribution < -0.4 is 4.90 Å². The fourth-order valence-corrected chi connectivity index (χ4v) is 9.29. The summed E-state index contributed by atoms with van der Waals surface area (Å²) < 4.78 is 0. The van der Waals surface area contributed by atoms with E-state index in [0.717, 1.165) is 17.1 Å². The zero-order chi connectivity index (χ0) is 43.3. The molecule has 306 valence electrons. The number of nitrogens with zero attached hydrogens (tertiary/aromatic N) is 1. The molecule has 0 radical (unpaired) electrons. The summed E-state index contributed by atoms with van der Waals surface area (Å²) in [6.45, 7) is 13.9. The second kappa shape index (κ2) is 15.9. The lowest BCUT2D eigenvalue weighted by atomic mass is 9.78. The molecule has 0 N–H and O–H groups in total. The Morgan fingerprint density at radius 3 is 1.40 bits per heavy atom. The van der Waals surface area contributed by atoms with Crippen LogP contribution in [0.15, 0.2) is 212 Å². The Labute approximate surface area is 372 Å². The fraction of sp³-hybridized carbons (Fsp3) is 0.129. The molecule has 0 aromatic heterocycles. The third kappa shape index (κ3) is 7.59. The minimum atomic E-state index is 0.00544. The quantitative estimate of drug-likeness (QED) is 0.155. The monoisotopic (exact) mass is 811 g/mol. The molecule has 0 heterocycles. The number of hydrogen-bond acceptors (Lipinski definition) is 1. The molecule has 0 unspecified atom stereocenters. The molecule has 0 aliphatic heterocycles. The van der Waals surface area contributed by atoms with E-state index in [-0.39, 0.29) is 10.8 Å².